The SMILES string of the molecule is c1ccc(Oc2cccc(-c3nc(Nc4cc(C5CC5)n[nH]4)c4ccccc4n3)c2)cc1. The zero-order valence-corrected chi connectivity index (χ0v) is 17.3. The average molecular weight is 419 g/mol. The molecule has 0 amide bonds. The van der Waals surface area contributed by atoms with Gasteiger partial charge in [0.25, 0.3) is 0 Å². The van der Waals surface area contributed by atoms with Crippen molar-refractivity contribution in [2.24, 2.45) is 0 Å². The third-order valence-electron chi connectivity index (χ3n) is 5.52. The van der Waals surface area contributed by atoms with Crippen LogP contribution >= 0.6 is 0 Å². The molecule has 0 atom stereocenters. The van der Waals surface area contributed by atoms with E-state index in [-0.39, 0.29) is 0 Å². The highest BCUT2D eigenvalue weighted by atomic mass is 16.5. The number of H-pyrrole nitrogens is 1. The predicted octanol–water partition coefficient (Wildman–Crippen LogP) is 6.43. The van der Waals surface area contributed by atoms with Gasteiger partial charge in [0, 0.05) is 22.9 Å². The lowest BCUT2D eigenvalue weighted by Gasteiger charge is -2.11. The summed E-state index contributed by atoms with van der Waals surface area (Å²) in [6, 6.07) is 27.6. The zero-order valence-electron chi connectivity index (χ0n) is 17.3. The lowest BCUT2D eigenvalue weighted by atomic mass is 10.1. The molecule has 2 heterocycles. The monoisotopic (exact) mass is 419 g/mol. The number of ether oxygens (including phenoxy) is 1. The summed E-state index contributed by atoms with van der Waals surface area (Å²) < 4.78 is 6.00. The second kappa shape index (κ2) is 7.81. The van der Waals surface area contributed by atoms with E-state index in [0.29, 0.717) is 11.7 Å². The number of benzene rings is 3. The number of fused-ring (bicyclic) bond motifs is 1. The maximum Gasteiger partial charge on any atom is 0.162 e. The van der Waals surface area contributed by atoms with Gasteiger partial charge < -0.3 is 10.1 Å². The van der Waals surface area contributed by atoms with Crippen LogP contribution in [-0.4, -0.2) is 20.2 Å². The first-order valence-electron chi connectivity index (χ1n) is 10.7. The minimum atomic E-state index is 0.590. The van der Waals surface area contributed by atoms with E-state index in [9.17, 15) is 0 Å². The number of hydrogen-bond donors (Lipinski definition) is 2. The van der Waals surface area contributed by atoms with Crippen LogP contribution in [0.25, 0.3) is 22.3 Å². The molecule has 1 saturated carbocycles. The van der Waals surface area contributed by atoms with E-state index in [1.165, 1.54) is 12.8 Å². The minimum Gasteiger partial charge on any atom is -0.457 e. The highest BCUT2D eigenvalue weighted by molar-refractivity contribution is 5.92. The second-order valence-electron chi connectivity index (χ2n) is 7.96. The molecule has 6 rings (SSSR count). The van der Waals surface area contributed by atoms with E-state index in [1.807, 2.05) is 78.9 Å². The van der Waals surface area contributed by atoms with Crippen molar-refractivity contribution in [1.29, 1.82) is 0 Å². The molecule has 3 aromatic carbocycles. The molecule has 0 saturated heterocycles. The van der Waals surface area contributed by atoms with Gasteiger partial charge in [-0.15, -0.1) is 0 Å². The van der Waals surface area contributed by atoms with Gasteiger partial charge in [0.2, 0.25) is 0 Å². The number of aromatic amines is 1. The average Bonchev–Trinajstić information content (AvgIpc) is 3.58. The highest BCUT2D eigenvalue weighted by Crippen LogP contribution is 2.40. The number of rotatable bonds is 6. The minimum absolute atomic E-state index is 0.590. The lowest BCUT2D eigenvalue weighted by molar-refractivity contribution is 0.483. The Labute approximate surface area is 185 Å². The number of hydrogen-bond acceptors (Lipinski definition) is 5. The summed E-state index contributed by atoms with van der Waals surface area (Å²) in [6.07, 6.45) is 2.43. The van der Waals surface area contributed by atoms with E-state index < -0.39 is 0 Å². The van der Waals surface area contributed by atoms with Gasteiger partial charge in [-0.25, -0.2) is 9.97 Å². The Bertz CT molecular complexity index is 1390. The molecule has 2 N–H and O–H groups in total. The third kappa shape index (κ3) is 3.78. The quantitative estimate of drug-likeness (QED) is 0.331. The molecule has 32 heavy (non-hydrogen) atoms. The van der Waals surface area contributed by atoms with Crippen molar-refractivity contribution in [3.05, 3.63) is 90.6 Å². The molecule has 0 unspecified atom stereocenters. The molecule has 5 aromatic rings. The van der Waals surface area contributed by atoms with Gasteiger partial charge in [0.1, 0.15) is 23.1 Å². The van der Waals surface area contributed by atoms with Crippen LogP contribution in [0.5, 0.6) is 11.5 Å². The normalized spacial score (nSPS) is 13.2. The lowest BCUT2D eigenvalue weighted by Crippen LogP contribution is -1.99. The Hall–Kier alpha value is -4.19. The third-order valence-corrected chi connectivity index (χ3v) is 5.52. The Morgan fingerprint density at radius 2 is 1.62 bits per heavy atom. The summed E-state index contributed by atoms with van der Waals surface area (Å²) in [5.41, 5.74) is 2.86. The first-order valence-corrected chi connectivity index (χ1v) is 10.7. The van der Waals surface area contributed by atoms with E-state index in [2.05, 4.69) is 21.6 Å². The van der Waals surface area contributed by atoms with Gasteiger partial charge in [-0.05, 0) is 49.2 Å². The number of anilines is 2. The predicted molar refractivity (Wildman–Crippen MR) is 125 cm³/mol. The molecule has 0 radical (unpaired) electrons. The largest absolute Gasteiger partial charge is 0.457 e. The van der Waals surface area contributed by atoms with Crippen LogP contribution in [-0.2, 0) is 0 Å². The smallest absolute Gasteiger partial charge is 0.162 e. The van der Waals surface area contributed by atoms with Crippen molar-refractivity contribution in [1.82, 2.24) is 20.2 Å². The van der Waals surface area contributed by atoms with Gasteiger partial charge in [0.05, 0.1) is 11.2 Å². The van der Waals surface area contributed by atoms with Crippen molar-refractivity contribution in [3.63, 3.8) is 0 Å². The van der Waals surface area contributed by atoms with Crippen LogP contribution in [0, 0.1) is 0 Å². The fraction of sp³-hybridized carbons (Fsp3) is 0.115. The van der Waals surface area contributed by atoms with Crippen LogP contribution in [0.2, 0.25) is 0 Å². The fourth-order valence-corrected chi connectivity index (χ4v) is 3.74. The first-order chi connectivity index (χ1) is 15.8. The number of aromatic nitrogens is 4. The molecule has 1 aliphatic rings. The summed E-state index contributed by atoms with van der Waals surface area (Å²) in [7, 11) is 0. The summed E-state index contributed by atoms with van der Waals surface area (Å²) in [6.45, 7) is 0. The molecular weight excluding hydrogens is 398 g/mol. The molecule has 2 aromatic heterocycles. The molecule has 0 bridgehead atoms. The molecule has 6 nitrogen and oxygen atoms in total. The topological polar surface area (TPSA) is 75.7 Å². The Kier molecular flexibility index (Phi) is 4.53. The van der Waals surface area contributed by atoms with Gasteiger partial charge in [-0.2, -0.15) is 5.10 Å². The fourth-order valence-electron chi connectivity index (χ4n) is 3.74. The van der Waals surface area contributed by atoms with Crippen LogP contribution in [0.15, 0.2) is 84.9 Å². The number of nitrogens with one attached hydrogen (secondary N) is 2. The van der Waals surface area contributed by atoms with E-state index >= 15 is 0 Å². The molecule has 156 valence electrons. The molecule has 1 fully saturated rings. The van der Waals surface area contributed by atoms with E-state index in [4.69, 9.17) is 14.7 Å². The molecule has 0 aliphatic heterocycles. The maximum absolute atomic E-state index is 6.00. The number of para-hydroxylation sites is 2. The van der Waals surface area contributed by atoms with Crippen molar-refractivity contribution in [3.8, 4) is 22.9 Å². The van der Waals surface area contributed by atoms with Crippen LogP contribution in [0.1, 0.15) is 24.5 Å². The van der Waals surface area contributed by atoms with Crippen molar-refractivity contribution < 1.29 is 4.74 Å². The summed E-state index contributed by atoms with van der Waals surface area (Å²) in [5, 5.41) is 11.9. The maximum atomic E-state index is 6.00. The summed E-state index contributed by atoms with van der Waals surface area (Å²) in [5.74, 6) is 4.33. The van der Waals surface area contributed by atoms with Gasteiger partial charge in [0.15, 0.2) is 5.82 Å². The molecule has 1 aliphatic carbocycles. The van der Waals surface area contributed by atoms with Gasteiger partial charge in [-0.3, -0.25) is 5.10 Å². The Morgan fingerprint density at radius 3 is 2.50 bits per heavy atom. The number of nitrogens with zero attached hydrogens (tertiary/aromatic N) is 3. The summed E-state index contributed by atoms with van der Waals surface area (Å²) in [4.78, 5) is 9.67. The Morgan fingerprint density at radius 1 is 0.812 bits per heavy atom. The van der Waals surface area contributed by atoms with Gasteiger partial charge >= 0.3 is 0 Å². The Balaban J connectivity index is 1.37. The standard InChI is InChI=1S/C26H21N5O/c1-2-8-19(9-3-1)32-20-10-6-7-18(15-20)25-27-22-12-5-4-11-21(22)26(29-25)28-24-16-23(30-31-24)17-13-14-17/h1-12,15-17H,13-14H2,(H2,27,28,29,30,31). The van der Waals surface area contributed by atoms with Crippen LogP contribution in [0.4, 0.5) is 11.6 Å². The van der Waals surface area contributed by atoms with Crippen LogP contribution < -0.4 is 10.1 Å². The highest BCUT2D eigenvalue weighted by Gasteiger charge is 2.26. The first kappa shape index (κ1) is 18.6. The summed E-state index contributed by atoms with van der Waals surface area (Å²) >= 11 is 0. The van der Waals surface area contributed by atoms with Crippen molar-refractivity contribution in [2.75, 3.05) is 5.32 Å². The van der Waals surface area contributed by atoms with Crippen LogP contribution in [0.3, 0.4) is 0 Å². The molecule has 6 heteroatoms. The van der Waals surface area contributed by atoms with Crippen molar-refractivity contribution in [2.45, 2.75) is 18.8 Å². The molecular formula is C26H21N5O. The van der Waals surface area contributed by atoms with Crippen molar-refractivity contribution >= 4 is 22.5 Å². The zero-order chi connectivity index (χ0) is 21.3. The van der Waals surface area contributed by atoms with E-state index in [1.54, 1.807) is 0 Å². The van der Waals surface area contributed by atoms with Gasteiger partial charge in [-0.1, -0.05) is 42.5 Å². The second-order valence-corrected chi connectivity index (χ2v) is 7.96. The molecule has 0 spiro atoms. The van der Waals surface area contributed by atoms with E-state index in [0.717, 1.165) is 45.3 Å².